The number of nitrogens with one attached hydrogen (secondary N) is 1. The summed E-state index contributed by atoms with van der Waals surface area (Å²) in [6.45, 7) is 0.301. The minimum Gasteiger partial charge on any atom is -0.496 e. The number of benzene rings is 1. The van der Waals surface area contributed by atoms with E-state index >= 15 is 0 Å². The molecule has 0 aliphatic carbocycles. The zero-order valence-corrected chi connectivity index (χ0v) is 8.88. The topological polar surface area (TPSA) is 47.6 Å². The molecule has 1 aromatic carbocycles. The van der Waals surface area contributed by atoms with Crippen molar-refractivity contribution in [3.8, 4) is 5.75 Å². The summed E-state index contributed by atoms with van der Waals surface area (Å²) < 4.78 is 9.99. The SMILES string of the molecule is COc1ccc(Cl)cc1[C@@H]1COC(=O)N1. The van der Waals surface area contributed by atoms with E-state index in [9.17, 15) is 4.79 Å². The highest BCUT2D eigenvalue weighted by molar-refractivity contribution is 6.30. The van der Waals surface area contributed by atoms with Gasteiger partial charge in [0.2, 0.25) is 0 Å². The summed E-state index contributed by atoms with van der Waals surface area (Å²) in [5.74, 6) is 0.690. The lowest BCUT2D eigenvalue weighted by Gasteiger charge is -2.12. The maximum absolute atomic E-state index is 10.9. The number of cyclic esters (lactones) is 1. The predicted molar refractivity (Wildman–Crippen MR) is 55.2 cm³/mol. The first kappa shape index (κ1) is 10.1. The average Bonchev–Trinajstić information content (AvgIpc) is 2.65. The summed E-state index contributed by atoms with van der Waals surface area (Å²) in [5.41, 5.74) is 0.829. The molecule has 1 saturated heterocycles. The highest BCUT2D eigenvalue weighted by atomic mass is 35.5. The summed E-state index contributed by atoms with van der Waals surface area (Å²) in [6.07, 6.45) is -0.415. The molecule has 1 aliphatic rings. The first-order valence-electron chi connectivity index (χ1n) is 4.47. The molecule has 5 heteroatoms. The standard InChI is InChI=1S/C10H10ClNO3/c1-14-9-3-2-6(11)4-7(9)8-5-15-10(13)12-8/h2-4,8H,5H2,1H3,(H,12,13)/t8-/m0/s1. The third-order valence-electron chi connectivity index (χ3n) is 2.24. The fourth-order valence-corrected chi connectivity index (χ4v) is 1.71. The fraction of sp³-hybridized carbons (Fsp3) is 0.300. The van der Waals surface area contributed by atoms with Gasteiger partial charge in [-0.15, -0.1) is 0 Å². The Morgan fingerprint density at radius 2 is 2.40 bits per heavy atom. The van der Waals surface area contributed by atoms with Crippen molar-refractivity contribution in [1.29, 1.82) is 0 Å². The molecule has 0 aromatic heterocycles. The van der Waals surface area contributed by atoms with Crippen molar-refractivity contribution in [2.75, 3.05) is 13.7 Å². The molecule has 1 N–H and O–H groups in total. The molecule has 0 saturated carbocycles. The van der Waals surface area contributed by atoms with Crippen LogP contribution in [0.1, 0.15) is 11.6 Å². The van der Waals surface area contributed by atoms with Gasteiger partial charge in [-0.3, -0.25) is 0 Å². The molecule has 1 aliphatic heterocycles. The van der Waals surface area contributed by atoms with E-state index in [4.69, 9.17) is 21.1 Å². The summed E-state index contributed by atoms with van der Waals surface area (Å²) >= 11 is 5.88. The highest BCUT2D eigenvalue weighted by Gasteiger charge is 2.26. The predicted octanol–water partition coefficient (Wildman–Crippen LogP) is 2.13. The lowest BCUT2D eigenvalue weighted by atomic mass is 10.1. The zero-order valence-electron chi connectivity index (χ0n) is 8.12. The largest absolute Gasteiger partial charge is 0.496 e. The molecule has 1 aromatic rings. The van der Waals surface area contributed by atoms with Crippen LogP contribution in [-0.2, 0) is 4.74 Å². The van der Waals surface area contributed by atoms with E-state index in [1.807, 2.05) is 0 Å². The number of ether oxygens (including phenoxy) is 2. The minimum atomic E-state index is -0.415. The van der Waals surface area contributed by atoms with E-state index in [2.05, 4.69) is 5.32 Å². The molecule has 80 valence electrons. The molecule has 1 heterocycles. The van der Waals surface area contributed by atoms with Crippen LogP contribution in [0.15, 0.2) is 18.2 Å². The van der Waals surface area contributed by atoms with E-state index < -0.39 is 6.09 Å². The minimum absolute atomic E-state index is 0.189. The molecular formula is C10H10ClNO3. The van der Waals surface area contributed by atoms with Gasteiger partial charge in [0.25, 0.3) is 0 Å². The first-order valence-corrected chi connectivity index (χ1v) is 4.85. The molecule has 2 rings (SSSR count). The van der Waals surface area contributed by atoms with Gasteiger partial charge in [0.15, 0.2) is 0 Å². The number of carbonyl (C=O) groups excluding carboxylic acids is 1. The molecule has 0 bridgehead atoms. The zero-order chi connectivity index (χ0) is 10.8. The number of alkyl carbamates (subject to hydrolysis) is 1. The molecule has 0 unspecified atom stereocenters. The molecule has 15 heavy (non-hydrogen) atoms. The van der Waals surface area contributed by atoms with Gasteiger partial charge in [0.1, 0.15) is 12.4 Å². The van der Waals surface area contributed by atoms with Crippen molar-refractivity contribution in [2.45, 2.75) is 6.04 Å². The molecule has 1 fully saturated rings. The van der Waals surface area contributed by atoms with Gasteiger partial charge in [-0.2, -0.15) is 0 Å². The van der Waals surface area contributed by atoms with E-state index in [-0.39, 0.29) is 6.04 Å². The summed E-state index contributed by atoms with van der Waals surface area (Å²) in [4.78, 5) is 10.9. The highest BCUT2D eigenvalue weighted by Crippen LogP contribution is 2.30. The van der Waals surface area contributed by atoms with E-state index in [0.29, 0.717) is 17.4 Å². The first-order chi connectivity index (χ1) is 7.20. The Hall–Kier alpha value is -1.42. The third kappa shape index (κ3) is 1.99. The van der Waals surface area contributed by atoms with Gasteiger partial charge in [-0.25, -0.2) is 4.79 Å². The Bertz CT molecular complexity index is 394. The van der Waals surface area contributed by atoms with E-state index in [0.717, 1.165) is 5.56 Å². The molecule has 4 nitrogen and oxygen atoms in total. The van der Waals surface area contributed by atoms with Gasteiger partial charge in [-0.05, 0) is 18.2 Å². The normalized spacial score (nSPS) is 19.6. The van der Waals surface area contributed by atoms with Crippen LogP contribution >= 0.6 is 11.6 Å². The monoisotopic (exact) mass is 227 g/mol. The van der Waals surface area contributed by atoms with Crippen LogP contribution in [0.25, 0.3) is 0 Å². The number of rotatable bonds is 2. The Morgan fingerprint density at radius 1 is 1.60 bits per heavy atom. The lowest BCUT2D eigenvalue weighted by Crippen LogP contribution is -2.18. The fourth-order valence-electron chi connectivity index (χ4n) is 1.53. The molecule has 1 atom stereocenters. The van der Waals surface area contributed by atoms with Crippen molar-refractivity contribution in [1.82, 2.24) is 5.32 Å². The van der Waals surface area contributed by atoms with Crippen LogP contribution in [0.2, 0.25) is 5.02 Å². The number of amides is 1. The smallest absolute Gasteiger partial charge is 0.407 e. The van der Waals surface area contributed by atoms with E-state index in [1.54, 1.807) is 25.3 Å². The van der Waals surface area contributed by atoms with Crippen LogP contribution in [0.5, 0.6) is 5.75 Å². The summed E-state index contributed by atoms with van der Waals surface area (Å²) in [7, 11) is 1.57. The Labute approximate surface area is 92.1 Å². The van der Waals surface area contributed by atoms with Gasteiger partial charge < -0.3 is 14.8 Å². The van der Waals surface area contributed by atoms with Crippen molar-refractivity contribution in [3.05, 3.63) is 28.8 Å². The quantitative estimate of drug-likeness (QED) is 0.842. The van der Waals surface area contributed by atoms with Gasteiger partial charge in [0, 0.05) is 10.6 Å². The Morgan fingerprint density at radius 3 is 3.00 bits per heavy atom. The van der Waals surface area contributed by atoms with Crippen LogP contribution in [0.3, 0.4) is 0 Å². The Balaban J connectivity index is 2.33. The van der Waals surface area contributed by atoms with Crippen LogP contribution in [0.4, 0.5) is 4.79 Å². The Kier molecular flexibility index (Phi) is 2.68. The van der Waals surface area contributed by atoms with Crippen LogP contribution < -0.4 is 10.1 Å². The second-order valence-electron chi connectivity index (χ2n) is 3.18. The van der Waals surface area contributed by atoms with Crippen molar-refractivity contribution in [3.63, 3.8) is 0 Å². The van der Waals surface area contributed by atoms with Gasteiger partial charge in [-0.1, -0.05) is 11.6 Å². The average molecular weight is 228 g/mol. The maximum atomic E-state index is 10.9. The number of methoxy groups -OCH3 is 1. The van der Waals surface area contributed by atoms with Gasteiger partial charge >= 0.3 is 6.09 Å². The number of hydrogen-bond donors (Lipinski definition) is 1. The number of hydrogen-bond acceptors (Lipinski definition) is 3. The van der Waals surface area contributed by atoms with Crippen molar-refractivity contribution in [2.24, 2.45) is 0 Å². The van der Waals surface area contributed by atoms with Crippen molar-refractivity contribution >= 4 is 17.7 Å². The van der Waals surface area contributed by atoms with Crippen LogP contribution in [-0.4, -0.2) is 19.8 Å². The summed E-state index contributed by atoms with van der Waals surface area (Å²) in [6, 6.07) is 5.08. The molecule has 1 amide bonds. The molecule has 0 spiro atoms. The van der Waals surface area contributed by atoms with Crippen LogP contribution in [0, 0.1) is 0 Å². The molecule has 0 radical (unpaired) electrons. The molecular weight excluding hydrogens is 218 g/mol. The van der Waals surface area contributed by atoms with Gasteiger partial charge in [0.05, 0.1) is 13.2 Å². The maximum Gasteiger partial charge on any atom is 0.407 e. The number of carbonyl (C=O) groups is 1. The number of halogens is 1. The third-order valence-corrected chi connectivity index (χ3v) is 2.48. The van der Waals surface area contributed by atoms with E-state index in [1.165, 1.54) is 0 Å². The van der Waals surface area contributed by atoms with Crippen molar-refractivity contribution < 1.29 is 14.3 Å². The summed E-state index contributed by atoms with van der Waals surface area (Å²) in [5, 5.41) is 3.28. The lowest BCUT2D eigenvalue weighted by molar-refractivity contribution is 0.177. The second kappa shape index (κ2) is 3.98. The second-order valence-corrected chi connectivity index (χ2v) is 3.62.